The van der Waals surface area contributed by atoms with Gasteiger partial charge in [0.15, 0.2) is 0 Å². The van der Waals surface area contributed by atoms with E-state index in [0.717, 1.165) is 18.2 Å². The van der Waals surface area contributed by atoms with Crippen molar-refractivity contribution >= 4 is 34.8 Å². The van der Waals surface area contributed by atoms with Crippen LogP contribution in [-0.4, -0.2) is 35.4 Å². The summed E-state index contributed by atoms with van der Waals surface area (Å²) in [6.07, 6.45) is -0.720. The molecule has 1 atom stereocenters. The molecule has 1 amide bonds. The highest BCUT2D eigenvalue weighted by molar-refractivity contribution is 6.35. The van der Waals surface area contributed by atoms with E-state index in [1.165, 1.54) is 17.9 Å². The lowest BCUT2D eigenvalue weighted by Crippen LogP contribution is -2.42. The van der Waals surface area contributed by atoms with Crippen molar-refractivity contribution in [1.82, 2.24) is 4.90 Å². The first-order valence-corrected chi connectivity index (χ1v) is 8.94. The molecule has 0 bridgehead atoms. The smallest absolute Gasteiger partial charge is 0.276 e. The van der Waals surface area contributed by atoms with Crippen molar-refractivity contribution in [3.8, 4) is 0 Å². The number of ether oxygens (including phenoxy) is 1. The third kappa shape index (κ3) is 3.94. The Hall–Kier alpha value is -2.29. The summed E-state index contributed by atoms with van der Waals surface area (Å²) in [5.74, 6) is -2.12. The normalized spacial score (nSPS) is 16.9. The van der Waals surface area contributed by atoms with Crippen LogP contribution in [0.1, 0.15) is 27.6 Å². The van der Waals surface area contributed by atoms with Gasteiger partial charge in [-0.15, -0.1) is 0 Å². The minimum atomic E-state index is -0.842. The van der Waals surface area contributed by atoms with E-state index in [2.05, 4.69) is 0 Å². The van der Waals surface area contributed by atoms with E-state index in [1.54, 1.807) is 0 Å². The first kappa shape index (κ1) is 20.4. The molecule has 1 unspecified atom stereocenters. The predicted octanol–water partition coefficient (Wildman–Crippen LogP) is 4.70. The fourth-order valence-corrected chi connectivity index (χ4v) is 3.47. The predicted molar refractivity (Wildman–Crippen MR) is 98.8 cm³/mol. The molecule has 2 aromatic carbocycles. The Labute approximate surface area is 168 Å². The maximum Gasteiger partial charge on any atom is 0.276 e. The quantitative estimate of drug-likeness (QED) is 0.401. The van der Waals surface area contributed by atoms with Gasteiger partial charge >= 0.3 is 0 Å². The Morgan fingerprint density at radius 3 is 2.61 bits per heavy atom. The zero-order chi connectivity index (χ0) is 20.6. The van der Waals surface area contributed by atoms with E-state index >= 15 is 0 Å². The molecule has 0 spiro atoms. The second kappa shape index (κ2) is 7.98. The van der Waals surface area contributed by atoms with Crippen LogP contribution in [0.15, 0.2) is 24.3 Å². The zero-order valence-electron chi connectivity index (χ0n) is 14.5. The summed E-state index contributed by atoms with van der Waals surface area (Å²) < 4.78 is 33.4. The molecule has 1 aliphatic heterocycles. The summed E-state index contributed by atoms with van der Waals surface area (Å²) in [5.41, 5.74) is -0.452. The SMILES string of the molecule is Cc1c(F)cc(C(=O)N2CCOC(c3cc(F)c(Cl)cc3Cl)C2)cc1[N+](=O)[O-]. The third-order valence-electron chi connectivity index (χ3n) is 4.50. The van der Waals surface area contributed by atoms with Gasteiger partial charge < -0.3 is 9.64 Å². The lowest BCUT2D eigenvalue weighted by atomic mass is 10.1. The Bertz CT molecular complexity index is 971. The highest BCUT2D eigenvalue weighted by Gasteiger charge is 2.30. The number of nitro benzene ring substituents is 1. The van der Waals surface area contributed by atoms with Crippen LogP contribution in [0.3, 0.4) is 0 Å². The molecule has 1 aliphatic rings. The van der Waals surface area contributed by atoms with Crippen LogP contribution in [0.5, 0.6) is 0 Å². The van der Waals surface area contributed by atoms with Gasteiger partial charge in [-0.3, -0.25) is 14.9 Å². The van der Waals surface area contributed by atoms with Gasteiger partial charge in [0, 0.05) is 28.8 Å². The van der Waals surface area contributed by atoms with Gasteiger partial charge in [-0.2, -0.15) is 0 Å². The molecule has 2 aromatic rings. The first-order chi connectivity index (χ1) is 13.2. The van der Waals surface area contributed by atoms with E-state index in [4.69, 9.17) is 27.9 Å². The standard InChI is InChI=1S/C18H14Cl2F2N2O4/c1-9-14(21)4-10(5-16(9)24(26)27)18(25)23-2-3-28-17(8-23)11-6-15(22)13(20)7-12(11)19/h4-7,17H,2-3,8H2,1H3. The summed E-state index contributed by atoms with van der Waals surface area (Å²) in [6.45, 7) is 1.60. The van der Waals surface area contributed by atoms with Crippen molar-refractivity contribution in [2.24, 2.45) is 0 Å². The minimum Gasteiger partial charge on any atom is -0.370 e. The third-order valence-corrected chi connectivity index (χ3v) is 5.12. The lowest BCUT2D eigenvalue weighted by molar-refractivity contribution is -0.385. The van der Waals surface area contributed by atoms with Crippen LogP contribution in [0.25, 0.3) is 0 Å². The molecule has 1 fully saturated rings. The zero-order valence-corrected chi connectivity index (χ0v) is 16.1. The van der Waals surface area contributed by atoms with Crippen LogP contribution < -0.4 is 0 Å². The second-order valence-corrected chi connectivity index (χ2v) is 7.07. The number of halogens is 4. The second-order valence-electron chi connectivity index (χ2n) is 6.26. The number of carbonyl (C=O) groups is 1. The molecule has 3 rings (SSSR count). The van der Waals surface area contributed by atoms with Crippen molar-refractivity contribution in [3.05, 3.63) is 72.7 Å². The molecule has 0 aromatic heterocycles. The van der Waals surface area contributed by atoms with Crippen LogP contribution in [0.4, 0.5) is 14.5 Å². The van der Waals surface area contributed by atoms with Gasteiger partial charge in [0.25, 0.3) is 11.6 Å². The molecular weight excluding hydrogens is 417 g/mol. The number of morpholine rings is 1. The molecule has 0 radical (unpaired) electrons. The largest absolute Gasteiger partial charge is 0.370 e. The topological polar surface area (TPSA) is 72.7 Å². The fourth-order valence-electron chi connectivity index (χ4n) is 2.97. The average molecular weight is 431 g/mol. The fraction of sp³-hybridized carbons (Fsp3) is 0.278. The van der Waals surface area contributed by atoms with E-state index in [0.29, 0.717) is 5.56 Å². The molecule has 1 heterocycles. The molecule has 28 heavy (non-hydrogen) atoms. The van der Waals surface area contributed by atoms with Crippen molar-refractivity contribution in [3.63, 3.8) is 0 Å². The van der Waals surface area contributed by atoms with Crippen LogP contribution >= 0.6 is 23.2 Å². The van der Waals surface area contributed by atoms with Gasteiger partial charge in [-0.1, -0.05) is 23.2 Å². The summed E-state index contributed by atoms with van der Waals surface area (Å²) in [5, 5.41) is 11.1. The maximum atomic E-state index is 14.0. The molecule has 10 heteroatoms. The molecule has 0 saturated carbocycles. The van der Waals surface area contributed by atoms with Crippen molar-refractivity contribution < 1.29 is 23.2 Å². The minimum absolute atomic E-state index is 0.0168. The Morgan fingerprint density at radius 2 is 1.93 bits per heavy atom. The van der Waals surface area contributed by atoms with Gasteiger partial charge in [0.1, 0.15) is 17.7 Å². The number of amides is 1. The summed E-state index contributed by atoms with van der Waals surface area (Å²) in [4.78, 5) is 24.5. The van der Waals surface area contributed by atoms with Crippen molar-refractivity contribution in [2.75, 3.05) is 19.7 Å². The Balaban J connectivity index is 1.88. The Morgan fingerprint density at radius 1 is 1.21 bits per heavy atom. The lowest BCUT2D eigenvalue weighted by Gasteiger charge is -2.33. The van der Waals surface area contributed by atoms with Crippen LogP contribution in [0.2, 0.25) is 10.0 Å². The van der Waals surface area contributed by atoms with Crippen LogP contribution in [0, 0.1) is 28.7 Å². The molecular formula is C18H14Cl2F2N2O4. The molecule has 6 nitrogen and oxygen atoms in total. The van der Waals surface area contributed by atoms with Gasteiger partial charge in [0.05, 0.1) is 28.7 Å². The summed E-state index contributed by atoms with van der Waals surface area (Å²) >= 11 is 11.8. The number of carbonyl (C=O) groups excluding carboxylic acids is 1. The summed E-state index contributed by atoms with van der Waals surface area (Å²) in [6, 6.07) is 4.39. The molecule has 0 aliphatic carbocycles. The van der Waals surface area contributed by atoms with Crippen LogP contribution in [-0.2, 0) is 4.74 Å². The van der Waals surface area contributed by atoms with Gasteiger partial charge in [-0.25, -0.2) is 8.78 Å². The number of hydrogen-bond donors (Lipinski definition) is 0. The van der Waals surface area contributed by atoms with E-state index in [1.807, 2.05) is 0 Å². The Kier molecular flexibility index (Phi) is 5.83. The highest BCUT2D eigenvalue weighted by atomic mass is 35.5. The van der Waals surface area contributed by atoms with Crippen molar-refractivity contribution in [2.45, 2.75) is 13.0 Å². The van der Waals surface area contributed by atoms with E-state index in [9.17, 15) is 23.7 Å². The van der Waals surface area contributed by atoms with E-state index in [-0.39, 0.29) is 40.9 Å². The summed E-state index contributed by atoms with van der Waals surface area (Å²) in [7, 11) is 0. The number of benzene rings is 2. The number of hydrogen-bond acceptors (Lipinski definition) is 4. The molecule has 1 saturated heterocycles. The average Bonchev–Trinajstić information content (AvgIpc) is 2.66. The number of nitro groups is 1. The first-order valence-electron chi connectivity index (χ1n) is 8.19. The van der Waals surface area contributed by atoms with Gasteiger partial charge in [-0.05, 0) is 25.1 Å². The number of nitrogens with zero attached hydrogens (tertiary/aromatic N) is 2. The van der Waals surface area contributed by atoms with E-state index < -0.39 is 34.3 Å². The van der Waals surface area contributed by atoms with Crippen molar-refractivity contribution in [1.29, 1.82) is 0 Å². The maximum absolute atomic E-state index is 14.0. The number of rotatable bonds is 3. The van der Waals surface area contributed by atoms with Gasteiger partial charge in [0.2, 0.25) is 0 Å². The monoisotopic (exact) mass is 430 g/mol. The molecule has 148 valence electrons. The molecule has 0 N–H and O–H groups in total. The highest BCUT2D eigenvalue weighted by Crippen LogP contribution is 2.33.